The molecule has 86 valence electrons. The number of rotatable bonds is 4. The second-order valence-corrected chi connectivity index (χ2v) is 3.05. The minimum Gasteiger partial charge on any atom is -0.504 e. The molecule has 4 N–H and O–H groups in total. The van der Waals surface area contributed by atoms with Gasteiger partial charge in [-0.05, 0) is 17.7 Å². The summed E-state index contributed by atoms with van der Waals surface area (Å²) >= 11 is 0. The van der Waals surface area contributed by atoms with Gasteiger partial charge in [0, 0.05) is 12.5 Å². The number of aliphatic hydroxyl groups excluding tert-OH is 1. The molecule has 0 spiro atoms. The van der Waals surface area contributed by atoms with Gasteiger partial charge >= 0.3 is 0 Å². The highest BCUT2D eigenvalue weighted by molar-refractivity contribution is 5.85. The Balaban J connectivity index is 0.00000196. The molecule has 0 aromatic heterocycles. The summed E-state index contributed by atoms with van der Waals surface area (Å²) < 4.78 is 4.90. The molecule has 5 heteroatoms. The van der Waals surface area contributed by atoms with Crippen LogP contribution in [0.3, 0.4) is 0 Å². The fourth-order valence-corrected chi connectivity index (χ4v) is 1.28. The molecule has 0 aliphatic carbocycles. The van der Waals surface area contributed by atoms with Crippen molar-refractivity contribution < 1.29 is 14.9 Å². The summed E-state index contributed by atoms with van der Waals surface area (Å²) in [6.45, 7) is 0.324. The van der Waals surface area contributed by atoms with Crippen LogP contribution in [0.15, 0.2) is 18.2 Å². The number of nitrogens with two attached hydrogens (primary N) is 1. The molecule has 0 aliphatic heterocycles. The SMILES string of the molecule is COc1ccc([C@@H](CN)CO)cc1O.Cl. The Bertz CT molecular complexity index is 303. The second kappa shape index (κ2) is 6.50. The lowest BCUT2D eigenvalue weighted by Crippen LogP contribution is -2.15. The van der Waals surface area contributed by atoms with Crippen molar-refractivity contribution in [2.75, 3.05) is 20.3 Å². The molecule has 0 amide bonds. The van der Waals surface area contributed by atoms with E-state index in [1.807, 2.05) is 0 Å². The molecule has 4 nitrogen and oxygen atoms in total. The van der Waals surface area contributed by atoms with E-state index in [1.54, 1.807) is 18.2 Å². The molecule has 0 unspecified atom stereocenters. The molecule has 0 saturated heterocycles. The maximum atomic E-state index is 9.48. The van der Waals surface area contributed by atoms with Gasteiger partial charge in [-0.1, -0.05) is 6.07 Å². The zero-order chi connectivity index (χ0) is 10.6. The topological polar surface area (TPSA) is 75.7 Å². The lowest BCUT2D eigenvalue weighted by atomic mass is 10.00. The van der Waals surface area contributed by atoms with Crippen LogP contribution in [-0.2, 0) is 0 Å². The van der Waals surface area contributed by atoms with Gasteiger partial charge in [-0.2, -0.15) is 0 Å². The first-order chi connectivity index (χ1) is 6.72. The lowest BCUT2D eigenvalue weighted by Gasteiger charge is -2.13. The van der Waals surface area contributed by atoms with Crippen LogP contribution in [0.25, 0.3) is 0 Å². The largest absolute Gasteiger partial charge is 0.504 e. The Labute approximate surface area is 95.1 Å². The third kappa shape index (κ3) is 3.27. The average molecular weight is 234 g/mol. The summed E-state index contributed by atoms with van der Waals surface area (Å²) in [5.41, 5.74) is 6.28. The Morgan fingerprint density at radius 1 is 1.47 bits per heavy atom. The molecule has 1 aromatic rings. The van der Waals surface area contributed by atoms with Crippen molar-refractivity contribution in [3.8, 4) is 11.5 Å². The van der Waals surface area contributed by atoms with Gasteiger partial charge in [0.2, 0.25) is 0 Å². The van der Waals surface area contributed by atoms with E-state index in [4.69, 9.17) is 15.6 Å². The second-order valence-electron chi connectivity index (χ2n) is 3.05. The molecule has 1 rings (SSSR count). The van der Waals surface area contributed by atoms with E-state index in [0.29, 0.717) is 12.3 Å². The van der Waals surface area contributed by atoms with Crippen LogP contribution in [0.2, 0.25) is 0 Å². The predicted molar refractivity (Wildman–Crippen MR) is 60.8 cm³/mol. The normalized spacial score (nSPS) is 11.7. The maximum Gasteiger partial charge on any atom is 0.160 e. The number of halogens is 1. The monoisotopic (exact) mass is 233 g/mol. The van der Waals surface area contributed by atoms with Crippen molar-refractivity contribution in [1.82, 2.24) is 0 Å². The van der Waals surface area contributed by atoms with E-state index in [9.17, 15) is 5.11 Å². The highest BCUT2D eigenvalue weighted by Gasteiger charge is 2.10. The Kier molecular flexibility index (Phi) is 6.08. The number of benzene rings is 1. The standard InChI is InChI=1S/C10H15NO3.ClH/c1-14-10-3-2-7(4-9(10)13)8(5-11)6-12;/h2-4,8,12-13H,5-6,11H2,1H3;1H/t8-;/m0./s1. The number of ether oxygens (including phenoxy) is 1. The van der Waals surface area contributed by atoms with Crippen LogP contribution in [0.1, 0.15) is 11.5 Å². The number of aromatic hydroxyl groups is 1. The first-order valence-corrected chi connectivity index (χ1v) is 4.40. The fraction of sp³-hybridized carbons (Fsp3) is 0.400. The van der Waals surface area contributed by atoms with Crippen LogP contribution in [-0.4, -0.2) is 30.5 Å². The summed E-state index contributed by atoms with van der Waals surface area (Å²) in [6.07, 6.45) is 0. The van der Waals surface area contributed by atoms with Gasteiger partial charge in [0.1, 0.15) is 0 Å². The van der Waals surface area contributed by atoms with Crippen molar-refractivity contribution in [1.29, 1.82) is 0 Å². The molecule has 0 aliphatic rings. The first-order valence-electron chi connectivity index (χ1n) is 4.40. The zero-order valence-corrected chi connectivity index (χ0v) is 9.33. The quantitative estimate of drug-likeness (QED) is 0.721. The molecule has 0 fully saturated rings. The number of phenolic OH excluding ortho intramolecular Hbond substituents is 1. The lowest BCUT2D eigenvalue weighted by molar-refractivity contribution is 0.267. The third-order valence-corrected chi connectivity index (χ3v) is 2.18. The average Bonchev–Trinajstić information content (AvgIpc) is 2.20. The summed E-state index contributed by atoms with van der Waals surface area (Å²) in [5, 5.41) is 18.5. The zero-order valence-electron chi connectivity index (χ0n) is 8.51. The summed E-state index contributed by atoms with van der Waals surface area (Å²) in [6, 6.07) is 5.00. The van der Waals surface area contributed by atoms with E-state index in [-0.39, 0.29) is 30.7 Å². The van der Waals surface area contributed by atoms with Crippen molar-refractivity contribution in [3.05, 3.63) is 23.8 Å². The Morgan fingerprint density at radius 3 is 2.53 bits per heavy atom. The number of hydrogen-bond donors (Lipinski definition) is 3. The molecule has 0 heterocycles. The van der Waals surface area contributed by atoms with Crippen molar-refractivity contribution in [2.45, 2.75) is 5.92 Å². The summed E-state index contributed by atoms with van der Waals surface area (Å²) in [7, 11) is 1.49. The third-order valence-electron chi connectivity index (χ3n) is 2.18. The predicted octanol–water partition coefficient (Wildman–Crippen LogP) is 0.857. The van der Waals surface area contributed by atoms with Gasteiger partial charge in [0.15, 0.2) is 11.5 Å². The van der Waals surface area contributed by atoms with Crippen LogP contribution in [0, 0.1) is 0 Å². The van der Waals surface area contributed by atoms with Gasteiger partial charge < -0.3 is 20.7 Å². The molecule has 15 heavy (non-hydrogen) atoms. The smallest absolute Gasteiger partial charge is 0.160 e. The van der Waals surface area contributed by atoms with E-state index < -0.39 is 0 Å². The molecular weight excluding hydrogens is 218 g/mol. The summed E-state index contributed by atoms with van der Waals surface area (Å²) in [4.78, 5) is 0. The van der Waals surface area contributed by atoms with Crippen LogP contribution in [0.5, 0.6) is 11.5 Å². The van der Waals surface area contributed by atoms with Gasteiger partial charge in [-0.3, -0.25) is 0 Å². The van der Waals surface area contributed by atoms with Gasteiger partial charge in [-0.25, -0.2) is 0 Å². The van der Waals surface area contributed by atoms with Crippen molar-refractivity contribution in [2.24, 2.45) is 5.73 Å². The van der Waals surface area contributed by atoms with Crippen LogP contribution >= 0.6 is 12.4 Å². The molecule has 0 radical (unpaired) electrons. The van der Waals surface area contributed by atoms with E-state index >= 15 is 0 Å². The van der Waals surface area contributed by atoms with Gasteiger partial charge in [-0.15, -0.1) is 12.4 Å². The molecule has 0 saturated carbocycles. The number of hydrogen-bond acceptors (Lipinski definition) is 4. The number of methoxy groups -OCH3 is 1. The van der Waals surface area contributed by atoms with E-state index in [0.717, 1.165) is 5.56 Å². The van der Waals surface area contributed by atoms with E-state index in [1.165, 1.54) is 7.11 Å². The van der Waals surface area contributed by atoms with Crippen molar-refractivity contribution in [3.63, 3.8) is 0 Å². The minimum atomic E-state index is -0.133. The van der Waals surface area contributed by atoms with Crippen molar-refractivity contribution >= 4 is 12.4 Å². The maximum absolute atomic E-state index is 9.48. The van der Waals surface area contributed by atoms with Gasteiger partial charge in [0.05, 0.1) is 13.7 Å². The van der Waals surface area contributed by atoms with Gasteiger partial charge in [0.25, 0.3) is 0 Å². The van der Waals surface area contributed by atoms with Crippen LogP contribution < -0.4 is 10.5 Å². The Hall–Kier alpha value is -0.970. The highest BCUT2D eigenvalue weighted by Crippen LogP contribution is 2.29. The van der Waals surface area contributed by atoms with E-state index in [2.05, 4.69) is 0 Å². The number of phenols is 1. The molecular formula is C10H16ClNO3. The number of aliphatic hydroxyl groups is 1. The Morgan fingerprint density at radius 2 is 2.13 bits per heavy atom. The molecule has 1 atom stereocenters. The minimum absolute atomic E-state index is 0. The molecule has 1 aromatic carbocycles. The fourth-order valence-electron chi connectivity index (χ4n) is 1.28. The highest BCUT2D eigenvalue weighted by atomic mass is 35.5. The first kappa shape index (κ1) is 14.0. The van der Waals surface area contributed by atoms with Crippen LogP contribution in [0.4, 0.5) is 0 Å². The summed E-state index contributed by atoms with van der Waals surface area (Å²) in [5.74, 6) is 0.353. The molecule has 0 bridgehead atoms.